The summed E-state index contributed by atoms with van der Waals surface area (Å²) in [5, 5.41) is 8.84. The first kappa shape index (κ1) is 15.5. The van der Waals surface area contributed by atoms with E-state index in [1.54, 1.807) is 0 Å². The maximum absolute atomic E-state index is 12.1. The number of benzene rings is 1. The molecule has 1 rings (SSSR count). The van der Waals surface area contributed by atoms with Gasteiger partial charge in [-0.15, -0.1) is 6.42 Å². The Balaban J connectivity index is 3.05. The molecule has 19 heavy (non-hydrogen) atoms. The van der Waals surface area contributed by atoms with Crippen molar-refractivity contribution in [2.75, 3.05) is 0 Å². The Hall–Kier alpha value is -1.53. The molecule has 0 amide bonds. The van der Waals surface area contributed by atoms with Gasteiger partial charge in [-0.25, -0.2) is 8.42 Å². The average molecular weight is 297 g/mol. The van der Waals surface area contributed by atoms with Crippen LogP contribution < -0.4 is 4.72 Å². The van der Waals surface area contributed by atoms with E-state index >= 15 is 0 Å². The SMILES string of the molecule is C#CC(CCC)NS(=O)(=O)c1ccc(C#N)c(Cl)c1. The zero-order valence-corrected chi connectivity index (χ0v) is 11.9. The highest BCUT2D eigenvalue weighted by Gasteiger charge is 2.19. The molecule has 0 spiro atoms. The van der Waals surface area contributed by atoms with Crippen LogP contribution in [-0.2, 0) is 10.0 Å². The van der Waals surface area contributed by atoms with E-state index in [1.807, 2.05) is 13.0 Å². The van der Waals surface area contributed by atoms with Crippen molar-refractivity contribution in [1.82, 2.24) is 4.72 Å². The van der Waals surface area contributed by atoms with Crippen LogP contribution in [0.3, 0.4) is 0 Å². The molecular weight excluding hydrogens is 284 g/mol. The van der Waals surface area contributed by atoms with Crippen LogP contribution in [0.2, 0.25) is 5.02 Å². The predicted octanol–water partition coefficient (Wildman–Crippen LogP) is 2.29. The number of terminal acetylenes is 1. The topological polar surface area (TPSA) is 70.0 Å². The Kier molecular flexibility index (Phi) is 5.38. The lowest BCUT2D eigenvalue weighted by Crippen LogP contribution is -2.33. The first-order valence-corrected chi connectivity index (χ1v) is 7.48. The lowest BCUT2D eigenvalue weighted by Gasteiger charge is -2.12. The normalized spacial score (nSPS) is 12.4. The van der Waals surface area contributed by atoms with Crippen LogP contribution >= 0.6 is 11.6 Å². The first-order chi connectivity index (χ1) is 8.94. The zero-order valence-electron chi connectivity index (χ0n) is 10.4. The molecule has 0 aromatic heterocycles. The first-order valence-electron chi connectivity index (χ1n) is 5.62. The molecule has 1 aromatic carbocycles. The summed E-state index contributed by atoms with van der Waals surface area (Å²) in [6, 6.07) is 5.24. The van der Waals surface area contributed by atoms with Crippen molar-refractivity contribution in [2.45, 2.75) is 30.7 Å². The minimum Gasteiger partial charge on any atom is -0.207 e. The van der Waals surface area contributed by atoms with E-state index in [2.05, 4.69) is 10.6 Å². The van der Waals surface area contributed by atoms with E-state index < -0.39 is 16.1 Å². The summed E-state index contributed by atoms with van der Waals surface area (Å²) in [5.41, 5.74) is 0.225. The quantitative estimate of drug-likeness (QED) is 0.848. The van der Waals surface area contributed by atoms with Gasteiger partial charge in [-0.2, -0.15) is 9.98 Å². The van der Waals surface area contributed by atoms with E-state index in [0.29, 0.717) is 6.42 Å². The van der Waals surface area contributed by atoms with E-state index in [4.69, 9.17) is 23.3 Å². The lowest BCUT2D eigenvalue weighted by molar-refractivity contribution is 0.564. The fourth-order valence-corrected chi connectivity index (χ4v) is 2.98. The molecule has 1 atom stereocenters. The van der Waals surface area contributed by atoms with Gasteiger partial charge in [0, 0.05) is 0 Å². The third-order valence-corrected chi connectivity index (χ3v) is 4.23. The van der Waals surface area contributed by atoms with Crippen molar-refractivity contribution in [2.24, 2.45) is 0 Å². The molecule has 6 heteroatoms. The third kappa shape index (κ3) is 3.97. The molecule has 0 bridgehead atoms. The molecule has 0 fully saturated rings. The summed E-state index contributed by atoms with van der Waals surface area (Å²) in [6.45, 7) is 1.91. The molecule has 4 nitrogen and oxygen atoms in total. The van der Waals surface area contributed by atoms with Crippen LogP contribution in [0, 0.1) is 23.7 Å². The molecule has 0 saturated heterocycles. The number of halogens is 1. The molecular formula is C13H13ClN2O2S. The van der Waals surface area contributed by atoms with Crippen molar-refractivity contribution < 1.29 is 8.42 Å². The van der Waals surface area contributed by atoms with Crippen LogP contribution in [0.25, 0.3) is 0 Å². The third-order valence-electron chi connectivity index (χ3n) is 2.45. The number of hydrogen-bond donors (Lipinski definition) is 1. The number of nitrogens with zero attached hydrogens (tertiary/aromatic N) is 1. The van der Waals surface area contributed by atoms with Crippen molar-refractivity contribution in [1.29, 1.82) is 5.26 Å². The molecule has 0 heterocycles. The lowest BCUT2D eigenvalue weighted by atomic mass is 10.2. The smallest absolute Gasteiger partial charge is 0.207 e. The van der Waals surface area contributed by atoms with E-state index in [9.17, 15) is 8.42 Å². The molecule has 1 aromatic rings. The maximum atomic E-state index is 12.1. The van der Waals surface area contributed by atoms with Crippen molar-refractivity contribution >= 4 is 21.6 Å². The zero-order chi connectivity index (χ0) is 14.5. The van der Waals surface area contributed by atoms with Crippen molar-refractivity contribution in [3.63, 3.8) is 0 Å². The number of sulfonamides is 1. The van der Waals surface area contributed by atoms with Gasteiger partial charge in [0.05, 0.1) is 21.5 Å². The van der Waals surface area contributed by atoms with Crippen molar-refractivity contribution in [3.05, 3.63) is 28.8 Å². The van der Waals surface area contributed by atoms with Crippen molar-refractivity contribution in [3.8, 4) is 18.4 Å². The summed E-state index contributed by atoms with van der Waals surface area (Å²) in [5.74, 6) is 2.39. The Labute approximate surface area is 118 Å². The number of nitriles is 1. The molecule has 1 unspecified atom stereocenters. The van der Waals surface area contributed by atoms with Crippen LogP contribution in [0.15, 0.2) is 23.1 Å². The van der Waals surface area contributed by atoms with Crippen LogP contribution in [0.4, 0.5) is 0 Å². The van der Waals surface area contributed by atoms with Gasteiger partial charge in [-0.1, -0.05) is 30.9 Å². The highest BCUT2D eigenvalue weighted by molar-refractivity contribution is 7.89. The molecule has 0 saturated carbocycles. The van der Waals surface area contributed by atoms with Gasteiger partial charge in [0.2, 0.25) is 10.0 Å². The number of rotatable bonds is 5. The van der Waals surface area contributed by atoms with Gasteiger partial charge < -0.3 is 0 Å². The molecule has 0 aliphatic rings. The highest BCUT2D eigenvalue weighted by atomic mass is 35.5. The van der Waals surface area contributed by atoms with Gasteiger partial charge in [0.1, 0.15) is 6.07 Å². The fraction of sp³-hybridized carbons (Fsp3) is 0.308. The predicted molar refractivity (Wildman–Crippen MR) is 74.0 cm³/mol. The van der Waals surface area contributed by atoms with Gasteiger partial charge in [-0.05, 0) is 24.6 Å². The minimum atomic E-state index is -3.73. The maximum Gasteiger partial charge on any atom is 0.241 e. The Morgan fingerprint density at radius 2 is 2.21 bits per heavy atom. The standard InChI is InChI=1S/C13H13ClN2O2S/c1-3-5-11(4-2)16-19(17,18)12-7-6-10(9-15)13(14)8-12/h2,6-8,11,16H,3,5H2,1H3. The summed E-state index contributed by atoms with van der Waals surface area (Å²) in [4.78, 5) is -0.00662. The summed E-state index contributed by atoms with van der Waals surface area (Å²) >= 11 is 5.81. The van der Waals surface area contributed by atoms with Crippen LogP contribution in [-0.4, -0.2) is 14.5 Å². The second-order valence-corrected chi connectivity index (χ2v) is 6.00. The molecule has 0 radical (unpaired) electrons. The second kappa shape index (κ2) is 6.58. The Bertz CT molecular complexity index is 642. The monoisotopic (exact) mass is 296 g/mol. The van der Waals surface area contributed by atoms with Crippen LogP contribution in [0.5, 0.6) is 0 Å². The molecule has 0 aliphatic carbocycles. The number of nitrogens with one attached hydrogen (secondary N) is 1. The second-order valence-electron chi connectivity index (χ2n) is 3.88. The fourth-order valence-electron chi connectivity index (χ4n) is 1.47. The van der Waals surface area contributed by atoms with Crippen LogP contribution in [0.1, 0.15) is 25.3 Å². The largest absolute Gasteiger partial charge is 0.241 e. The van der Waals surface area contributed by atoms with Gasteiger partial charge >= 0.3 is 0 Å². The Morgan fingerprint density at radius 3 is 2.68 bits per heavy atom. The molecule has 100 valence electrons. The highest BCUT2D eigenvalue weighted by Crippen LogP contribution is 2.20. The molecule has 0 aliphatic heterocycles. The van der Waals surface area contributed by atoms with Gasteiger partial charge in [0.25, 0.3) is 0 Å². The minimum absolute atomic E-state index is 0.00662. The Morgan fingerprint density at radius 1 is 1.53 bits per heavy atom. The number of hydrogen-bond acceptors (Lipinski definition) is 3. The summed E-state index contributed by atoms with van der Waals surface area (Å²) < 4.78 is 26.6. The summed E-state index contributed by atoms with van der Waals surface area (Å²) in [6.07, 6.45) is 6.60. The average Bonchev–Trinajstić information content (AvgIpc) is 2.37. The van der Waals surface area contributed by atoms with E-state index in [1.165, 1.54) is 18.2 Å². The van der Waals surface area contributed by atoms with Gasteiger partial charge in [0.15, 0.2) is 0 Å². The van der Waals surface area contributed by atoms with E-state index in [0.717, 1.165) is 6.42 Å². The van der Waals surface area contributed by atoms with E-state index in [-0.39, 0.29) is 15.5 Å². The summed E-state index contributed by atoms with van der Waals surface area (Å²) in [7, 11) is -3.73. The molecule has 1 N–H and O–H groups in total. The van der Waals surface area contributed by atoms with Gasteiger partial charge in [-0.3, -0.25) is 0 Å².